The zero-order chi connectivity index (χ0) is 36.6. The van der Waals surface area contributed by atoms with E-state index < -0.39 is 5.60 Å². The molecule has 8 aromatic rings. The van der Waals surface area contributed by atoms with Gasteiger partial charge in [-0.1, -0.05) is 48.5 Å². The fourth-order valence-corrected chi connectivity index (χ4v) is 10.1. The van der Waals surface area contributed by atoms with E-state index in [9.17, 15) is 19.2 Å². The fourth-order valence-electron chi connectivity index (χ4n) is 7.88. The van der Waals surface area contributed by atoms with Crippen LogP contribution in [0.5, 0.6) is 5.88 Å². The van der Waals surface area contributed by atoms with Gasteiger partial charge in [-0.05, 0) is 118 Å². The normalized spacial score (nSPS) is 15.6. The van der Waals surface area contributed by atoms with Gasteiger partial charge in [-0.15, -0.1) is 22.7 Å². The highest BCUT2D eigenvalue weighted by Gasteiger charge is 2.40. The van der Waals surface area contributed by atoms with E-state index in [1.165, 1.54) is 22.7 Å². The molecule has 2 aliphatic carbocycles. The van der Waals surface area contributed by atoms with Gasteiger partial charge in [-0.3, -0.25) is 19.2 Å². The second-order valence-electron chi connectivity index (χ2n) is 14.3. The van der Waals surface area contributed by atoms with Crippen LogP contribution in [0.25, 0.3) is 65.0 Å². The lowest BCUT2D eigenvalue weighted by Gasteiger charge is -2.28. The van der Waals surface area contributed by atoms with Crippen LogP contribution >= 0.6 is 22.7 Å². The molecule has 54 heavy (non-hydrogen) atoms. The van der Waals surface area contributed by atoms with Crippen LogP contribution in [0.15, 0.2) is 108 Å². The Bertz CT molecular complexity index is 3040. The molecule has 0 saturated carbocycles. The number of carbonyl (C=O) groups excluding carboxylic acids is 4. The number of ether oxygens (including phenoxy) is 1. The number of thiazole rings is 2. The summed E-state index contributed by atoms with van der Waals surface area (Å²) in [4.78, 5) is 65.9. The first kappa shape index (κ1) is 31.1. The van der Waals surface area contributed by atoms with Gasteiger partial charge in [0.15, 0.2) is 23.1 Å². The summed E-state index contributed by atoms with van der Waals surface area (Å²) >= 11 is 2.65. The molecule has 0 N–H and O–H groups in total. The van der Waals surface area contributed by atoms with E-state index in [0.29, 0.717) is 48.7 Å². The lowest BCUT2D eigenvalue weighted by Crippen LogP contribution is -2.29. The standard InChI is InChI=1S/C45H24N2O5S2/c1-45(2)43-41(53-35(46-43)19-33-37(48)29-15-25-11-21-7-3-4-8-22(21)12-26(25)16-30(29)38(33)49)42-44(52-45)47-36(54-42)20-34-39(50)31-17-27-13-23-9-5-6-10-24(23)14-28(27)18-32(31)40(34)51/h3-20H,1-2H3. The number of allylic oxidation sites excluding steroid dienone is 2. The average Bonchev–Trinajstić information content (AvgIpc) is 3.89. The van der Waals surface area contributed by atoms with Gasteiger partial charge < -0.3 is 4.74 Å². The summed E-state index contributed by atoms with van der Waals surface area (Å²) in [6, 6.07) is 31.4. The molecule has 0 spiro atoms. The Labute approximate surface area is 314 Å². The van der Waals surface area contributed by atoms with Crippen LogP contribution in [0.3, 0.4) is 0 Å². The topological polar surface area (TPSA) is 103 Å². The third-order valence-corrected chi connectivity index (χ3v) is 12.7. The van der Waals surface area contributed by atoms with Gasteiger partial charge in [0.2, 0.25) is 5.88 Å². The van der Waals surface area contributed by atoms with Crippen LogP contribution in [0.1, 0.15) is 71.0 Å². The zero-order valence-electron chi connectivity index (χ0n) is 28.6. The summed E-state index contributed by atoms with van der Waals surface area (Å²) in [6.45, 7) is 3.77. The van der Waals surface area contributed by atoms with Crippen LogP contribution in [0.2, 0.25) is 0 Å². The number of fused-ring (bicyclic) bond motifs is 9. The maximum absolute atomic E-state index is 13.7. The summed E-state index contributed by atoms with van der Waals surface area (Å²) in [5.74, 6) is -0.942. The molecular formula is C45H24N2O5S2. The van der Waals surface area contributed by atoms with Gasteiger partial charge in [0.25, 0.3) is 0 Å². The SMILES string of the molecule is CC1(C)Oc2nc(C=C3C(=O)c4cc5cc6ccccc6cc5cc4C3=O)sc2-c2sc(C=C3C(=O)c4cc5cc6ccccc6cc5cc4C3=O)nc21. The van der Waals surface area contributed by atoms with E-state index in [1.807, 2.05) is 98.8 Å². The van der Waals surface area contributed by atoms with Gasteiger partial charge in [0.05, 0.1) is 16.0 Å². The molecule has 0 bridgehead atoms. The summed E-state index contributed by atoms with van der Waals surface area (Å²) in [6.07, 6.45) is 3.13. The van der Waals surface area contributed by atoms with E-state index in [-0.39, 0.29) is 34.3 Å². The van der Waals surface area contributed by atoms with Gasteiger partial charge >= 0.3 is 0 Å². The van der Waals surface area contributed by atoms with E-state index in [2.05, 4.69) is 0 Å². The second kappa shape index (κ2) is 10.8. The molecule has 7 nitrogen and oxygen atoms in total. The van der Waals surface area contributed by atoms with Crippen molar-refractivity contribution in [1.82, 2.24) is 9.97 Å². The van der Waals surface area contributed by atoms with Crippen molar-refractivity contribution in [3.05, 3.63) is 146 Å². The van der Waals surface area contributed by atoms with Gasteiger partial charge in [0, 0.05) is 22.3 Å². The number of benzene rings is 6. The highest BCUT2D eigenvalue weighted by atomic mass is 32.1. The van der Waals surface area contributed by atoms with Crippen molar-refractivity contribution >= 4 is 101 Å². The average molecular weight is 737 g/mol. The first-order valence-electron chi connectivity index (χ1n) is 17.4. The second-order valence-corrected chi connectivity index (χ2v) is 16.4. The van der Waals surface area contributed by atoms with Crippen LogP contribution in [-0.4, -0.2) is 33.1 Å². The number of carbonyl (C=O) groups is 4. The van der Waals surface area contributed by atoms with Crippen molar-refractivity contribution < 1.29 is 23.9 Å². The monoisotopic (exact) mass is 736 g/mol. The van der Waals surface area contributed by atoms with E-state index in [1.54, 1.807) is 24.3 Å². The first-order valence-corrected chi connectivity index (χ1v) is 19.0. The predicted molar refractivity (Wildman–Crippen MR) is 213 cm³/mol. The molecule has 3 aliphatic rings. The molecule has 11 rings (SSSR count). The van der Waals surface area contributed by atoms with Crippen LogP contribution in [-0.2, 0) is 5.60 Å². The van der Waals surface area contributed by atoms with Gasteiger partial charge in [-0.2, -0.15) is 0 Å². The number of Topliss-reactive ketones (excluding diaryl/α,β-unsaturated/α-hetero) is 4. The number of aromatic nitrogens is 2. The summed E-state index contributed by atoms with van der Waals surface area (Å²) in [7, 11) is 0. The summed E-state index contributed by atoms with van der Waals surface area (Å²) < 4.78 is 6.34. The molecule has 0 atom stereocenters. The third kappa shape index (κ3) is 4.46. The van der Waals surface area contributed by atoms with Crippen molar-refractivity contribution in [3.63, 3.8) is 0 Å². The van der Waals surface area contributed by atoms with Gasteiger partial charge in [-0.25, -0.2) is 9.97 Å². The number of hydrogen-bond donors (Lipinski definition) is 0. The Morgan fingerprint density at radius 3 is 1.28 bits per heavy atom. The molecule has 9 heteroatoms. The van der Waals surface area contributed by atoms with Crippen LogP contribution in [0.4, 0.5) is 0 Å². The van der Waals surface area contributed by atoms with Crippen molar-refractivity contribution in [3.8, 4) is 15.6 Å². The molecule has 2 aromatic heterocycles. The molecule has 1 aliphatic heterocycles. The molecular weight excluding hydrogens is 713 g/mol. The Balaban J connectivity index is 0.947. The number of hydrogen-bond acceptors (Lipinski definition) is 9. The molecule has 6 aromatic carbocycles. The lowest BCUT2D eigenvalue weighted by atomic mass is 9.99. The molecule has 0 unspecified atom stereocenters. The molecule has 3 heterocycles. The highest BCUT2D eigenvalue weighted by molar-refractivity contribution is 7.23. The third-order valence-electron chi connectivity index (χ3n) is 10.6. The lowest BCUT2D eigenvalue weighted by molar-refractivity contribution is 0.0958. The minimum absolute atomic E-state index is 0.0590. The van der Waals surface area contributed by atoms with Crippen LogP contribution in [0, 0.1) is 0 Å². The number of nitrogens with zero attached hydrogens (tertiary/aromatic N) is 2. The zero-order valence-corrected chi connectivity index (χ0v) is 30.3. The molecule has 0 amide bonds. The number of rotatable bonds is 2. The maximum atomic E-state index is 13.7. The highest BCUT2D eigenvalue weighted by Crippen LogP contribution is 2.51. The van der Waals surface area contributed by atoms with E-state index in [4.69, 9.17) is 14.7 Å². The largest absolute Gasteiger partial charge is 0.464 e. The molecule has 256 valence electrons. The molecule has 0 fully saturated rings. The Hall–Kier alpha value is -6.42. The summed E-state index contributed by atoms with van der Waals surface area (Å²) in [5.41, 5.74) is 1.46. The fraction of sp³-hybridized carbons (Fsp3) is 0.0667. The maximum Gasteiger partial charge on any atom is 0.235 e. The Morgan fingerprint density at radius 2 is 0.870 bits per heavy atom. The number of ketones is 4. The quantitative estimate of drug-likeness (QED) is 0.0989. The van der Waals surface area contributed by atoms with E-state index >= 15 is 0 Å². The van der Waals surface area contributed by atoms with Crippen molar-refractivity contribution in [1.29, 1.82) is 0 Å². The van der Waals surface area contributed by atoms with Crippen molar-refractivity contribution in [2.24, 2.45) is 0 Å². The molecule has 0 saturated heterocycles. The Morgan fingerprint density at radius 1 is 0.500 bits per heavy atom. The first-order chi connectivity index (χ1) is 26.1. The van der Waals surface area contributed by atoms with Gasteiger partial charge in [0.1, 0.15) is 26.2 Å². The smallest absolute Gasteiger partial charge is 0.235 e. The minimum Gasteiger partial charge on any atom is -0.464 e. The van der Waals surface area contributed by atoms with Crippen molar-refractivity contribution in [2.45, 2.75) is 19.4 Å². The van der Waals surface area contributed by atoms with Crippen molar-refractivity contribution in [2.75, 3.05) is 0 Å². The minimum atomic E-state index is -0.876. The Kier molecular flexibility index (Phi) is 6.24. The van der Waals surface area contributed by atoms with Crippen LogP contribution < -0.4 is 4.74 Å². The van der Waals surface area contributed by atoms with E-state index in [0.717, 1.165) is 48.0 Å². The molecule has 0 radical (unpaired) electrons. The summed E-state index contributed by atoms with van der Waals surface area (Å²) in [5, 5.41) is 8.77. The predicted octanol–water partition coefficient (Wildman–Crippen LogP) is 10.4.